The summed E-state index contributed by atoms with van der Waals surface area (Å²) in [6.07, 6.45) is 9.05. The van der Waals surface area contributed by atoms with Gasteiger partial charge in [0.1, 0.15) is 17.3 Å². The second-order valence-corrected chi connectivity index (χ2v) is 13.8. The molecule has 0 aromatic rings. The third-order valence-corrected chi connectivity index (χ3v) is 11.9. The average Bonchev–Trinajstić information content (AvgIpc) is 3.13. The third kappa shape index (κ3) is 3.02. The highest BCUT2D eigenvalue weighted by Gasteiger charge is 2.76. The van der Waals surface area contributed by atoms with Crippen LogP contribution >= 0.6 is 0 Å². The van der Waals surface area contributed by atoms with E-state index >= 15 is 0 Å². The molecule has 0 aromatic carbocycles. The predicted molar refractivity (Wildman–Crippen MR) is 131 cm³/mol. The highest BCUT2D eigenvalue weighted by molar-refractivity contribution is 5.86. The van der Waals surface area contributed by atoms with Crippen LogP contribution in [0.15, 0.2) is 11.6 Å². The van der Waals surface area contributed by atoms with Crippen LogP contribution in [0, 0.1) is 40.4 Å². The summed E-state index contributed by atoms with van der Waals surface area (Å²) in [5.74, 6) is 1.52. The Balaban J connectivity index is 1.45. The zero-order valence-corrected chi connectivity index (χ0v) is 22.3. The van der Waals surface area contributed by atoms with Crippen LogP contribution in [-0.4, -0.2) is 38.9 Å². The Morgan fingerprint density at radius 3 is 2.47 bits per heavy atom. The summed E-state index contributed by atoms with van der Waals surface area (Å²) < 4.78 is 0. The molecule has 2 aliphatic heterocycles. The van der Waals surface area contributed by atoms with Crippen LogP contribution in [-0.2, 0) is 14.6 Å². The van der Waals surface area contributed by atoms with E-state index in [2.05, 4.69) is 33.8 Å². The molecule has 2 bridgehead atoms. The van der Waals surface area contributed by atoms with E-state index in [1.165, 1.54) is 12.0 Å². The summed E-state index contributed by atoms with van der Waals surface area (Å²) in [6.45, 7) is 15.0. The van der Waals surface area contributed by atoms with Crippen LogP contribution in [0.2, 0.25) is 0 Å². The number of rotatable bonds is 5. The number of fused-ring (bicyclic) bond motifs is 3. The third-order valence-electron chi connectivity index (χ3n) is 11.9. The van der Waals surface area contributed by atoms with E-state index < -0.39 is 28.3 Å². The van der Waals surface area contributed by atoms with Crippen molar-refractivity contribution in [1.29, 1.82) is 0 Å². The Bertz CT molecular complexity index is 877. The fraction of sp³-hybridized carbons (Fsp3) is 0.897. The SMILES string of the molecule is C[C@H](CC[C@H](C)C(C)(C)O)[C@H]1CCC2[C@]1(C)CC=C1[C@]3(C)CC(=O)[C@H](O)[C@@H](C)[C@]34CC[C@@]12OO4. The predicted octanol–water partition coefficient (Wildman–Crippen LogP) is 5.38. The minimum Gasteiger partial charge on any atom is -0.390 e. The standard InChI is InChI=1S/C29H46O5/c1-17(8-9-18(2)25(4,5)32)20-10-11-22-26(20,6)13-12-23-27(7)16-21(30)24(31)19(3)29(27)15-14-28(22,23)33-34-29/h12,17-20,22,24,31-32H,8-11,13-16H2,1-7H3/t17-,18+,19-,20-,22?,24-,26-,27+,28+,29-/m1/s1. The van der Waals surface area contributed by atoms with E-state index in [1.54, 1.807) is 0 Å². The molecule has 0 radical (unpaired) electrons. The molecule has 0 aromatic heterocycles. The van der Waals surface area contributed by atoms with Gasteiger partial charge in [-0.3, -0.25) is 4.79 Å². The number of ketones is 1. The van der Waals surface area contributed by atoms with Crippen LogP contribution in [0.3, 0.4) is 0 Å². The number of hydrogen-bond acceptors (Lipinski definition) is 5. The topological polar surface area (TPSA) is 76.0 Å². The van der Waals surface area contributed by atoms with Gasteiger partial charge in [0.25, 0.3) is 0 Å². The lowest BCUT2D eigenvalue weighted by Gasteiger charge is -2.70. The zero-order valence-electron chi connectivity index (χ0n) is 22.3. The molecule has 10 atom stereocenters. The molecule has 4 aliphatic carbocycles. The first-order chi connectivity index (χ1) is 15.7. The van der Waals surface area contributed by atoms with Crippen molar-refractivity contribution in [2.75, 3.05) is 0 Å². The Morgan fingerprint density at radius 2 is 1.85 bits per heavy atom. The maximum atomic E-state index is 12.8. The van der Waals surface area contributed by atoms with Crippen molar-refractivity contribution in [1.82, 2.24) is 0 Å². The molecule has 6 aliphatic rings. The van der Waals surface area contributed by atoms with Gasteiger partial charge in [0.2, 0.25) is 0 Å². The van der Waals surface area contributed by atoms with Gasteiger partial charge in [0.05, 0.1) is 5.60 Å². The molecule has 2 spiro atoms. The Hall–Kier alpha value is -0.750. The molecule has 0 amide bonds. The molecule has 34 heavy (non-hydrogen) atoms. The number of Topliss-reactive ketones (excluding diaryl/α,β-unsaturated/α-hetero) is 1. The number of hydrogen-bond donors (Lipinski definition) is 2. The summed E-state index contributed by atoms with van der Waals surface area (Å²) in [7, 11) is 0. The minimum absolute atomic E-state index is 0.0555. The zero-order chi connectivity index (χ0) is 24.9. The van der Waals surface area contributed by atoms with E-state index in [4.69, 9.17) is 9.78 Å². The number of aliphatic hydroxyl groups is 2. The van der Waals surface area contributed by atoms with Gasteiger partial charge in [-0.1, -0.05) is 47.1 Å². The monoisotopic (exact) mass is 474 g/mol. The molecule has 1 unspecified atom stereocenters. The second kappa shape index (κ2) is 7.63. The Kier molecular flexibility index (Phi) is 5.59. The molecule has 3 saturated carbocycles. The molecule has 2 heterocycles. The summed E-state index contributed by atoms with van der Waals surface area (Å²) in [5, 5.41) is 21.0. The van der Waals surface area contributed by atoms with Crippen molar-refractivity contribution in [3.8, 4) is 0 Å². The molecule has 2 N–H and O–H groups in total. The van der Waals surface area contributed by atoms with Crippen LogP contribution in [0.5, 0.6) is 0 Å². The summed E-state index contributed by atoms with van der Waals surface area (Å²) in [6, 6.07) is 0. The van der Waals surface area contributed by atoms with E-state index in [-0.39, 0.29) is 23.0 Å². The molecule has 5 fully saturated rings. The number of allylic oxidation sites excluding steroid dienone is 1. The Morgan fingerprint density at radius 1 is 1.15 bits per heavy atom. The first-order valence-corrected chi connectivity index (χ1v) is 13.7. The van der Waals surface area contributed by atoms with Gasteiger partial charge in [-0.2, -0.15) is 0 Å². The van der Waals surface area contributed by atoms with Crippen LogP contribution in [0.4, 0.5) is 0 Å². The quantitative estimate of drug-likeness (QED) is 0.413. The van der Waals surface area contributed by atoms with E-state index in [9.17, 15) is 15.0 Å². The van der Waals surface area contributed by atoms with Gasteiger partial charge in [-0.15, -0.1) is 0 Å². The molecular weight excluding hydrogens is 428 g/mol. The van der Waals surface area contributed by atoms with Gasteiger partial charge in [-0.25, -0.2) is 9.78 Å². The largest absolute Gasteiger partial charge is 0.390 e. The van der Waals surface area contributed by atoms with Gasteiger partial charge in [-0.05, 0) is 81.1 Å². The van der Waals surface area contributed by atoms with Crippen LogP contribution in [0.1, 0.15) is 99.8 Å². The number of aliphatic hydroxyl groups excluding tert-OH is 1. The average molecular weight is 475 g/mol. The van der Waals surface area contributed by atoms with Crippen molar-refractivity contribution >= 4 is 5.78 Å². The number of carbonyl (C=O) groups is 1. The number of carbonyl (C=O) groups excluding carboxylic acids is 1. The molecule has 5 heteroatoms. The van der Waals surface area contributed by atoms with Crippen molar-refractivity contribution in [2.24, 2.45) is 40.4 Å². The van der Waals surface area contributed by atoms with E-state index in [0.717, 1.165) is 38.5 Å². The van der Waals surface area contributed by atoms with Crippen LogP contribution < -0.4 is 0 Å². The van der Waals surface area contributed by atoms with Gasteiger partial charge in [0, 0.05) is 23.7 Å². The summed E-state index contributed by atoms with van der Waals surface area (Å²) >= 11 is 0. The smallest absolute Gasteiger partial charge is 0.162 e. The van der Waals surface area contributed by atoms with Crippen LogP contribution in [0.25, 0.3) is 0 Å². The van der Waals surface area contributed by atoms with E-state index in [0.29, 0.717) is 24.2 Å². The fourth-order valence-electron chi connectivity index (χ4n) is 9.35. The van der Waals surface area contributed by atoms with E-state index in [1.807, 2.05) is 20.8 Å². The lowest BCUT2D eigenvalue weighted by Crippen LogP contribution is -2.75. The fourth-order valence-corrected chi connectivity index (χ4v) is 9.35. The van der Waals surface area contributed by atoms with Crippen molar-refractivity contribution in [2.45, 2.75) is 123 Å². The highest BCUT2D eigenvalue weighted by atomic mass is 17.2. The van der Waals surface area contributed by atoms with Crippen molar-refractivity contribution < 1.29 is 24.8 Å². The first-order valence-electron chi connectivity index (χ1n) is 13.7. The molecule has 6 rings (SSSR count). The summed E-state index contributed by atoms with van der Waals surface area (Å²) in [5.41, 5.74) is -0.686. The molecule has 5 nitrogen and oxygen atoms in total. The molecule has 2 saturated heterocycles. The lowest BCUT2D eigenvalue weighted by atomic mass is 9.42. The molecule has 192 valence electrons. The second-order valence-electron chi connectivity index (χ2n) is 13.8. The summed E-state index contributed by atoms with van der Waals surface area (Å²) in [4.78, 5) is 25.7. The van der Waals surface area contributed by atoms with Crippen molar-refractivity contribution in [3.05, 3.63) is 11.6 Å². The first kappa shape index (κ1) is 24.9. The van der Waals surface area contributed by atoms with Gasteiger partial charge < -0.3 is 10.2 Å². The minimum atomic E-state index is -0.972. The lowest BCUT2D eigenvalue weighted by molar-refractivity contribution is -0.500. The Labute approximate surface area is 205 Å². The highest BCUT2D eigenvalue weighted by Crippen LogP contribution is 2.73. The maximum Gasteiger partial charge on any atom is 0.162 e. The molecular formula is C29H46O5. The normalized spacial score (nSPS) is 49.7. The van der Waals surface area contributed by atoms with Gasteiger partial charge >= 0.3 is 0 Å². The van der Waals surface area contributed by atoms with Crippen molar-refractivity contribution in [3.63, 3.8) is 0 Å². The maximum absolute atomic E-state index is 12.8. The van der Waals surface area contributed by atoms with Gasteiger partial charge in [0.15, 0.2) is 5.78 Å².